The summed E-state index contributed by atoms with van der Waals surface area (Å²) in [5, 5.41) is 3.68. The van der Waals surface area contributed by atoms with E-state index in [2.05, 4.69) is 12.2 Å². The number of halogens is 1. The van der Waals surface area contributed by atoms with Crippen molar-refractivity contribution in [2.75, 3.05) is 11.9 Å². The Morgan fingerprint density at radius 1 is 1.13 bits per heavy atom. The Labute approximate surface area is 142 Å². The molecule has 3 nitrogen and oxygen atoms in total. The highest BCUT2D eigenvalue weighted by molar-refractivity contribution is 6.32. The summed E-state index contributed by atoms with van der Waals surface area (Å²) in [6.07, 6.45) is 0.869. The molecule has 0 radical (unpaired) electrons. The summed E-state index contributed by atoms with van der Waals surface area (Å²) in [5.41, 5.74) is 4.93. The third kappa shape index (κ3) is 4.26. The van der Waals surface area contributed by atoms with Crippen LogP contribution in [-0.2, 0) is 11.2 Å². The first-order valence-electron chi connectivity index (χ1n) is 7.70. The molecule has 0 aromatic heterocycles. The van der Waals surface area contributed by atoms with Crippen molar-refractivity contribution >= 4 is 23.2 Å². The molecule has 0 saturated heterocycles. The molecule has 0 aliphatic heterocycles. The number of amides is 1. The van der Waals surface area contributed by atoms with Crippen LogP contribution in [0.15, 0.2) is 30.3 Å². The Morgan fingerprint density at radius 3 is 2.39 bits per heavy atom. The number of ether oxygens (including phenoxy) is 1. The number of para-hydroxylation sites is 1. The zero-order valence-electron chi connectivity index (χ0n) is 14.0. The smallest absolute Gasteiger partial charge is 0.262 e. The zero-order chi connectivity index (χ0) is 17.0. The lowest BCUT2D eigenvalue weighted by Crippen LogP contribution is -2.21. The van der Waals surface area contributed by atoms with Crippen molar-refractivity contribution in [3.63, 3.8) is 0 Å². The van der Waals surface area contributed by atoms with Gasteiger partial charge in [0.05, 0.1) is 0 Å². The summed E-state index contributed by atoms with van der Waals surface area (Å²) < 4.78 is 5.60. The molecule has 23 heavy (non-hydrogen) atoms. The summed E-state index contributed by atoms with van der Waals surface area (Å²) >= 11 is 6.14. The minimum Gasteiger partial charge on any atom is -0.484 e. The van der Waals surface area contributed by atoms with Crippen molar-refractivity contribution in [2.24, 2.45) is 0 Å². The maximum absolute atomic E-state index is 12.2. The van der Waals surface area contributed by atoms with E-state index in [9.17, 15) is 4.79 Å². The van der Waals surface area contributed by atoms with Crippen LogP contribution < -0.4 is 10.1 Å². The maximum atomic E-state index is 12.2. The van der Waals surface area contributed by atoms with E-state index in [4.69, 9.17) is 16.3 Å². The molecule has 0 spiro atoms. The number of rotatable bonds is 5. The van der Waals surface area contributed by atoms with Crippen LogP contribution in [0.25, 0.3) is 0 Å². The van der Waals surface area contributed by atoms with Gasteiger partial charge in [0.25, 0.3) is 5.91 Å². The van der Waals surface area contributed by atoms with Crippen LogP contribution in [-0.4, -0.2) is 12.5 Å². The topological polar surface area (TPSA) is 38.3 Å². The molecule has 0 unspecified atom stereocenters. The number of hydrogen-bond donors (Lipinski definition) is 1. The first-order chi connectivity index (χ1) is 10.9. The van der Waals surface area contributed by atoms with Gasteiger partial charge < -0.3 is 10.1 Å². The number of nitrogens with one attached hydrogen (secondary N) is 1. The number of carbonyl (C=O) groups excluding carboxylic acids is 1. The van der Waals surface area contributed by atoms with Gasteiger partial charge in [0.15, 0.2) is 6.61 Å². The van der Waals surface area contributed by atoms with Crippen molar-refractivity contribution in [1.29, 1.82) is 0 Å². The fraction of sp³-hybridized carbons (Fsp3) is 0.316. The molecule has 122 valence electrons. The Bertz CT molecular complexity index is 702. The van der Waals surface area contributed by atoms with Gasteiger partial charge in [-0.15, -0.1) is 0 Å². The van der Waals surface area contributed by atoms with Crippen LogP contribution in [0.3, 0.4) is 0 Å². The van der Waals surface area contributed by atoms with Crippen LogP contribution in [0.2, 0.25) is 5.02 Å². The Kier molecular flexibility index (Phi) is 5.67. The van der Waals surface area contributed by atoms with Gasteiger partial charge in [-0.05, 0) is 61.6 Å². The van der Waals surface area contributed by atoms with Crippen molar-refractivity contribution in [2.45, 2.75) is 34.1 Å². The van der Waals surface area contributed by atoms with Crippen molar-refractivity contribution in [3.05, 3.63) is 57.6 Å². The largest absolute Gasteiger partial charge is 0.484 e. The minimum atomic E-state index is -0.167. The molecule has 1 amide bonds. The minimum absolute atomic E-state index is 0.0298. The Hall–Kier alpha value is -2.00. The summed E-state index contributed by atoms with van der Waals surface area (Å²) in [4.78, 5) is 12.2. The van der Waals surface area contributed by atoms with E-state index >= 15 is 0 Å². The van der Waals surface area contributed by atoms with Gasteiger partial charge >= 0.3 is 0 Å². The van der Waals surface area contributed by atoms with E-state index in [1.54, 1.807) is 0 Å². The Morgan fingerprint density at radius 2 is 1.78 bits per heavy atom. The SMILES string of the molecule is CCc1cccc(C)c1NC(=O)COc1cc(C)c(Cl)c(C)c1. The third-order valence-corrected chi connectivity index (χ3v) is 4.38. The van der Waals surface area contributed by atoms with Crippen LogP contribution in [0.1, 0.15) is 29.2 Å². The number of hydrogen-bond acceptors (Lipinski definition) is 2. The van der Waals surface area contributed by atoms with E-state index < -0.39 is 0 Å². The monoisotopic (exact) mass is 331 g/mol. The fourth-order valence-corrected chi connectivity index (χ4v) is 2.63. The second-order valence-corrected chi connectivity index (χ2v) is 6.05. The standard InChI is InChI=1S/C19H22ClNO2/c1-5-15-8-6-7-12(2)19(15)21-17(22)11-23-16-9-13(3)18(20)14(4)10-16/h6-10H,5,11H2,1-4H3,(H,21,22). The second kappa shape index (κ2) is 7.51. The summed E-state index contributed by atoms with van der Waals surface area (Å²) in [6, 6.07) is 9.69. The molecule has 0 fully saturated rings. The van der Waals surface area contributed by atoms with Crippen LogP contribution in [0.4, 0.5) is 5.69 Å². The third-order valence-electron chi connectivity index (χ3n) is 3.78. The molecule has 0 aliphatic rings. The van der Waals surface area contributed by atoms with Crippen molar-refractivity contribution in [1.82, 2.24) is 0 Å². The number of aryl methyl sites for hydroxylation is 4. The van der Waals surface area contributed by atoms with E-state index in [-0.39, 0.29) is 12.5 Å². The predicted molar refractivity (Wildman–Crippen MR) is 95.6 cm³/mol. The fourth-order valence-electron chi connectivity index (χ4n) is 2.52. The van der Waals surface area contributed by atoms with Gasteiger partial charge in [0, 0.05) is 10.7 Å². The molecule has 2 rings (SSSR count). The molecular weight excluding hydrogens is 310 g/mol. The summed E-state index contributed by atoms with van der Waals surface area (Å²) in [7, 11) is 0. The zero-order valence-corrected chi connectivity index (χ0v) is 14.8. The summed E-state index contributed by atoms with van der Waals surface area (Å²) in [5.74, 6) is 0.485. The van der Waals surface area contributed by atoms with Crippen LogP contribution in [0.5, 0.6) is 5.75 Å². The van der Waals surface area contributed by atoms with Crippen molar-refractivity contribution < 1.29 is 9.53 Å². The molecule has 2 aromatic carbocycles. The average Bonchev–Trinajstić information content (AvgIpc) is 2.52. The van der Waals surface area contributed by atoms with E-state index in [0.717, 1.165) is 39.4 Å². The van der Waals surface area contributed by atoms with E-state index in [0.29, 0.717) is 5.75 Å². The first-order valence-corrected chi connectivity index (χ1v) is 8.08. The maximum Gasteiger partial charge on any atom is 0.262 e. The molecule has 0 atom stereocenters. The average molecular weight is 332 g/mol. The van der Waals surface area contributed by atoms with Gasteiger partial charge in [-0.25, -0.2) is 0 Å². The van der Waals surface area contributed by atoms with Crippen LogP contribution >= 0.6 is 11.6 Å². The van der Waals surface area contributed by atoms with Crippen molar-refractivity contribution in [3.8, 4) is 5.75 Å². The molecule has 0 aliphatic carbocycles. The highest BCUT2D eigenvalue weighted by Gasteiger charge is 2.10. The molecule has 0 bridgehead atoms. The first kappa shape index (κ1) is 17.4. The quantitative estimate of drug-likeness (QED) is 0.850. The van der Waals surface area contributed by atoms with Gasteiger partial charge in [-0.3, -0.25) is 4.79 Å². The van der Waals surface area contributed by atoms with Gasteiger partial charge in [-0.1, -0.05) is 36.7 Å². The molecular formula is C19H22ClNO2. The van der Waals surface area contributed by atoms with Gasteiger partial charge in [0.1, 0.15) is 5.75 Å². The molecule has 0 heterocycles. The van der Waals surface area contributed by atoms with Gasteiger partial charge in [0.2, 0.25) is 0 Å². The molecule has 0 saturated carbocycles. The van der Waals surface area contributed by atoms with E-state index in [1.165, 1.54) is 0 Å². The lowest BCUT2D eigenvalue weighted by Gasteiger charge is -2.14. The predicted octanol–water partition coefficient (Wildman–Crippen LogP) is 4.85. The molecule has 4 heteroatoms. The Balaban J connectivity index is 2.04. The van der Waals surface area contributed by atoms with Gasteiger partial charge in [-0.2, -0.15) is 0 Å². The summed E-state index contributed by atoms with van der Waals surface area (Å²) in [6.45, 7) is 7.87. The highest BCUT2D eigenvalue weighted by Crippen LogP contribution is 2.26. The normalized spacial score (nSPS) is 10.5. The number of benzene rings is 2. The van der Waals surface area contributed by atoms with Crippen LogP contribution in [0, 0.1) is 20.8 Å². The lowest BCUT2D eigenvalue weighted by molar-refractivity contribution is -0.118. The molecule has 1 N–H and O–H groups in total. The second-order valence-electron chi connectivity index (χ2n) is 5.67. The lowest BCUT2D eigenvalue weighted by atomic mass is 10.1. The highest BCUT2D eigenvalue weighted by atomic mass is 35.5. The molecule has 2 aromatic rings. The number of carbonyl (C=O) groups is 1. The van der Waals surface area contributed by atoms with E-state index in [1.807, 2.05) is 51.1 Å². The number of anilines is 1.